The molecule has 0 spiro atoms. The molecule has 4 N–H and O–H groups in total. The number of nitrogens with zero attached hydrogens (tertiary/aromatic N) is 1. The van der Waals surface area contributed by atoms with E-state index in [2.05, 4.69) is 26.5 Å². The minimum absolute atomic E-state index is 0.208. The van der Waals surface area contributed by atoms with Gasteiger partial charge in [-0.2, -0.15) is 0 Å². The second-order valence-electron chi connectivity index (χ2n) is 4.72. The first-order chi connectivity index (χ1) is 12.0. The van der Waals surface area contributed by atoms with Crippen LogP contribution in [0, 0.1) is 0 Å². The van der Waals surface area contributed by atoms with Gasteiger partial charge < -0.3 is 15.4 Å². The molecule has 1 heterocycles. The number of hydrazine groups is 1. The number of nitrogens with one attached hydrogen (secondary N) is 4. The lowest BCUT2D eigenvalue weighted by molar-refractivity contribution is -0.114. The molecule has 1 aromatic heterocycles. The smallest absolute Gasteiger partial charge is 0.425 e. The Morgan fingerprint density at radius 2 is 1.80 bits per heavy atom. The molecule has 0 fully saturated rings. The number of rotatable bonds is 6. The van der Waals surface area contributed by atoms with Crippen LogP contribution in [0.4, 0.5) is 21.3 Å². The molecule has 0 aliphatic heterocycles. The lowest BCUT2D eigenvalue weighted by Crippen LogP contribution is -2.29. The first-order valence-electron chi connectivity index (χ1n) is 7.31. The molecule has 0 bridgehead atoms. The molecular weight excluding hydrogens is 346 g/mol. The molecule has 1 aromatic carbocycles. The standard InChI is InChI=1S/C15H17N5O4S/c1-3-24-15(23)20-19-11-6-4-10(5-7-11)17-13(22)12-8-25-14(18-12)16-9(2)21/h4-8,19H,3H2,1-2H3,(H,17,22)(H,20,23)(H,16,18,21). The molecule has 132 valence electrons. The first-order valence-corrected chi connectivity index (χ1v) is 8.19. The fraction of sp³-hybridized carbons (Fsp3) is 0.200. The molecule has 2 aromatic rings. The molecule has 25 heavy (non-hydrogen) atoms. The van der Waals surface area contributed by atoms with E-state index < -0.39 is 12.0 Å². The number of thiazole rings is 1. The average Bonchev–Trinajstić information content (AvgIpc) is 3.02. The number of aromatic nitrogens is 1. The highest BCUT2D eigenvalue weighted by Crippen LogP contribution is 2.18. The van der Waals surface area contributed by atoms with Gasteiger partial charge in [-0.1, -0.05) is 0 Å². The van der Waals surface area contributed by atoms with Crippen LogP contribution in [0.1, 0.15) is 24.3 Å². The maximum Gasteiger partial charge on any atom is 0.425 e. The van der Waals surface area contributed by atoms with Gasteiger partial charge in [0.25, 0.3) is 5.91 Å². The van der Waals surface area contributed by atoms with Crippen LogP contribution >= 0.6 is 11.3 Å². The van der Waals surface area contributed by atoms with Crippen molar-refractivity contribution < 1.29 is 19.1 Å². The van der Waals surface area contributed by atoms with Crippen molar-refractivity contribution in [3.8, 4) is 0 Å². The van der Waals surface area contributed by atoms with Crippen LogP contribution in [0.5, 0.6) is 0 Å². The van der Waals surface area contributed by atoms with Gasteiger partial charge >= 0.3 is 6.09 Å². The summed E-state index contributed by atoms with van der Waals surface area (Å²) in [6.45, 7) is 3.35. The Morgan fingerprint density at radius 3 is 2.44 bits per heavy atom. The van der Waals surface area contributed by atoms with E-state index in [4.69, 9.17) is 4.74 Å². The Kier molecular flexibility index (Phi) is 6.29. The van der Waals surface area contributed by atoms with E-state index in [-0.39, 0.29) is 18.2 Å². The number of carbonyl (C=O) groups excluding carboxylic acids is 3. The normalized spacial score (nSPS) is 9.84. The second-order valence-corrected chi connectivity index (χ2v) is 5.58. The Labute approximate surface area is 147 Å². The van der Waals surface area contributed by atoms with Crippen molar-refractivity contribution in [2.75, 3.05) is 22.7 Å². The number of hydrogen-bond acceptors (Lipinski definition) is 7. The van der Waals surface area contributed by atoms with Crippen LogP contribution in [0.15, 0.2) is 29.6 Å². The van der Waals surface area contributed by atoms with Crippen molar-refractivity contribution in [1.82, 2.24) is 10.4 Å². The quantitative estimate of drug-likeness (QED) is 0.585. The van der Waals surface area contributed by atoms with E-state index in [1.54, 1.807) is 36.6 Å². The van der Waals surface area contributed by atoms with Crippen molar-refractivity contribution in [2.45, 2.75) is 13.8 Å². The lowest BCUT2D eigenvalue weighted by Gasteiger charge is -2.09. The maximum absolute atomic E-state index is 12.1. The van der Waals surface area contributed by atoms with E-state index in [1.807, 2.05) is 0 Å². The highest BCUT2D eigenvalue weighted by atomic mass is 32.1. The summed E-state index contributed by atoms with van der Waals surface area (Å²) in [5, 5.41) is 7.13. The first kappa shape index (κ1) is 18.2. The third-order valence-electron chi connectivity index (χ3n) is 2.75. The summed E-state index contributed by atoms with van der Waals surface area (Å²) < 4.78 is 4.71. The predicted molar refractivity (Wildman–Crippen MR) is 94.6 cm³/mol. The van der Waals surface area contributed by atoms with E-state index >= 15 is 0 Å². The van der Waals surface area contributed by atoms with Gasteiger partial charge in [0.15, 0.2) is 5.13 Å². The third-order valence-corrected chi connectivity index (χ3v) is 3.50. The molecular formula is C15H17N5O4S. The van der Waals surface area contributed by atoms with Gasteiger partial charge in [0.05, 0.1) is 12.3 Å². The van der Waals surface area contributed by atoms with Crippen molar-refractivity contribution in [3.05, 3.63) is 35.3 Å². The van der Waals surface area contributed by atoms with E-state index in [0.717, 1.165) is 0 Å². The maximum atomic E-state index is 12.1. The van der Waals surface area contributed by atoms with E-state index in [1.165, 1.54) is 18.3 Å². The van der Waals surface area contributed by atoms with E-state index in [9.17, 15) is 14.4 Å². The second kappa shape index (κ2) is 8.64. The highest BCUT2D eigenvalue weighted by Gasteiger charge is 2.11. The molecule has 0 aliphatic rings. The Balaban J connectivity index is 1.89. The minimum Gasteiger partial charge on any atom is -0.449 e. The van der Waals surface area contributed by atoms with Gasteiger partial charge in [-0.05, 0) is 31.2 Å². The molecule has 0 saturated heterocycles. The van der Waals surface area contributed by atoms with Crippen molar-refractivity contribution >= 4 is 45.8 Å². The summed E-state index contributed by atoms with van der Waals surface area (Å²) >= 11 is 1.17. The summed E-state index contributed by atoms with van der Waals surface area (Å²) in [4.78, 5) is 38.3. The zero-order chi connectivity index (χ0) is 18.2. The predicted octanol–water partition coefficient (Wildman–Crippen LogP) is 2.43. The monoisotopic (exact) mass is 363 g/mol. The fourth-order valence-corrected chi connectivity index (χ4v) is 2.45. The Morgan fingerprint density at radius 1 is 1.12 bits per heavy atom. The molecule has 0 atom stereocenters. The SMILES string of the molecule is CCOC(=O)NNc1ccc(NC(=O)c2csc(NC(C)=O)n2)cc1. The van der Waals surface area contributed by atoms with Crippen molar-refractivity contribution in [2.24, 2.45) is 0 Å². The van der Waals surface area contributed by atoms with Gasteiger partial charge in [-0.3, -0.25) is 15.0 Å². The number of anilines is 3. The zero-order valence-electron chi connectivity index (χ0n) is 13.6. The highest BCUT2D eigenvalue weighted by molar-refractivity contribution is 7.14. The van der Waals surface area contributed by atoms with Crippen molar-refractivity contribution in [3.63, 3.8) is 0 Å². The zero-order valence-corrected chi connectivity index (χ0v) is 14.4. The number of amides is 3. The minimum atomic E-state index is -0.585. The molecule has 9 nitrogen and oxygen atoms in total. The topological polar surface area (TPSA) is 121 Å². The van der Waals surface area contributed by atoms with Gasteiger partial charge in [-0.15, -0.1) is 11.3 Å². The van der Waals surface area contributed by atoms with Gasteiger partial charge in [0.2, 0.25) is 5.91 Å². The molecule has 0 saturated carbocycles. The molecule has 3 amide bonds. The van der Waals surface area contributed by atoms with Crippen molar-refractivity contribution in [1.29, 1.82) is 0 Å². The Bertz CT molecular complexity index is 760. The number of ether oxygens (including phenoxy) is 1. The van der Waals surface area contributed by atoms with Crippen LogP contribution in [0.25, 0.3) is 0 Å². The molecule has 0 aliphatic carbocycles. The summed E-state index contributed by atoms with van der Waals surface area (Å²) in [5.41, 5.74) is 6.42. The summed E-state index contributed by atoms with van der Waals surface area (Å²) in [6, 6.07) is 6.67. The summed E-state index contributed by atoms with van der Waals surface area (Å²) in [7, 11) is 0. The average molecular weight is 363 g/mol. The summed E-state index contributed by atoms with van der Waals surface area (Å²) in [5.74, 6) is -0.640. The van der Waals surface area contributed by atoms with Crippen LogP contribution in [-0.2, 0) is 9.53 Å². The van der Waals surface area contributed by atoms with Crippen LogP contribution in [0.3, 0.4) is 0 Å². The van der Waals surface area contributed by atoms with Crippen LogP contribution in [-0.4, -0.2) is 29.5 Å². The lowest BCUT2D eigenvalue weighted by atomic mass is 10.3. The van der Waals surface area contributed by atoms with Gasteiger partial charge in [-0.25, -0.2) is 15.2 Å². The number of carbonyl (C=O) groups is 3. The molecule has 2 rings (SSSR count). The van der Waals surface area contributed by atoms with E-state index in [0.29, 0.717) is 16.5 Å². The number of hydrogen-bond donors (Lipinski definition) is 4. The fourth-order valence-electron chi connectivity index (χ4n) is 1.71. The van der Waals surface area contributed by atoms with Crippen LogP contribution < -0.4 is 21.5 Å². The molecule has 10 heteroatoms. The third kappa shape index (κ3) is 5.77. The van der Waals surface area contributed by atoms with Gasteiger partial charge in [0.1, 0.15) is 5.69 Å². The number of benzene rings is 1. The largest absolute Gasteiger partial charge is 0.449 e. The Hall–Kier alpha value is -3.14. The van der Waals surface area contributed by atoms with Gasteiger partial charge in [0, 0.05) is 18.0 Å². The molecule has 0 radical (unpaired) electrons. The summed E-state index contributed by atoms with van der Waals surface area (Å²) in [6.07, 6.45) is -0.585. The molecule has 0 unspecified atom stereocenters. The van der Waals surface area contributed by atoms with Crippen LogP contribution in [0.2, 0.25) is 0 Å².